The molecule has 1 aromatic carbocycles. The minimum absolute atomic E-state index is 0.707. The van der Waals surface area contributed by atoms with E-state index in [2.05, 4.69) is 11.0 Å². The van der Waals surface area contributed by atoms with Crippen molar-refractivity contribution in [1.29, 1.82) is 5.26 Å². The zero-order valence-corrected chi connectivity index (χ0v) is 11.9. The van der Waals surface area contributed by atoms with Crippen molar-refractivity contribution >= 4 is 0 Å². The summed E-state index contributed by atoms with van der Waals surface area (Å²) in [6.45, 7) is 8.14. The second-order valence-electron chi connectivity index (χ2n) is 5.30. The van der Waals surface area contributed by atoms with Crippen LogP contribution in [0.1, 0.15) is 36.0 Å². The van der Waals surface area contributed by atoms with E-state index in [1.807, 2.05) is 26.0 Å². The second-order valence-corrected chi connectivity index (χ2v) is 5.30. The highest BCUT2D eigenvalue weighted by atomic mass is 16.5. The lowest BCUT2D eigenvalue weighted by atomic mass is 10.1. The van der Waals surface area contributed by atoms with Gasteiger partial charge in [-0.15, -0.1) is 0 Å². The first-order valence-electron chi connectivity index (χ1n) is 7.07. The van der Waals surface area contributed by atoms with Crippen LogP contribution in [0, 0.1) is 25.2 Å². The Hall–Kier alpha value is -1.53. The number of nitriles is 1. The summed E-state index contributed by atoms with van der Waals surface area (Å²) < 4.78 is 5.92. The van der Waals surface area contributed by atoms with Crippen molar-refractivity contribution in [1.82, 2.24) is 4.90 Å². The molecule has 0 radical (unpaired) electrons. The smallest absolute Gasteiger partial charge is 0.125 e. The molecule has 19 heavy (non-hydrogen) atoms. The average molecular weight is 258 g/mol. The maximum absolute atomic E-state index is 8.93. The molecule has 0 atom stereocenters. The molecule has 0 spiro atoms. The van der Waals surface area contributed by atoms with Gasteiger partial charge in [0.05, 0.1) is 11.6 Å². The molecule has 0 aromatic heterocycles. The van der Waals surface area contributed by atoms with Crippen LogP contribution in [-0.2, 0) is 0 Å². The van der Waals surface area contributed by atoms with E-state index in [4.69, 9.17) is 10.00 Å². The number of nitrogens with zero attached hydrogens (tertiary/aromatic N) is 2. The number of likely N-dealkylation sites (tertiary alicyclic amines) is 1. The molecule has 1 aromatic rings. The van der Waals surface area contributed by atoms with Gasteiger partial charge < -0.3 is 4.74 Å². The van der Waals surface area contributed by atoms with Gasteiger partial charge in [0.1, 0.15) is 12.4 Å². The van der Waals surface area contributed by atoms with Crippen LogP contribution in [0.5, 0.6) is 5.75 Å². The van der Waals surface area contributed by atoms with E-state index in [1.54, 1.807) is 0 Å². The number of rotatable bonds is 4. The maximum atomic E-state index is 8.93. The molecule has 0 N–H and O–H groups in total. The van der Waals surface area contributed by atoms with Crippen molar-refractivity contribution in [2.24, 2.45) is 0 Å². The highest BCUT2D eigenvalue weighted by Gasteiger charge is 2.11. The topological polar surface area (TPSA) is 36.3 Å². The van der Waals surface area contributed by atoms with E-state index in [0.29, 0.717) is 5.56 Å². The van der Waals surface area contributed by atoms with E-state index in [1.165, 1.54) is 32.4 Å². The van der Waals surface area contributed by atoms with Crippen LogP contribution >= 0.6 is 0 Å². The third-order valence-electron chi connectivity index (χ3n) is 3.69. The molecule has 0 unspecified atom stereocenters. The minimum atomic E-state index is 0.707. The summed E-state index contributed by atoms with van der Waals surface area (Å²) >= 11 is 0. The van der Waals surface area contributed by atoms with E-state index >= 15 is 0 Å². The molecular formula is C16H22N2O. The van der Waals surface area contributed by atoms with Gasteiger partial charge in [0, 0.05) is 6.54 Å². The number of ether oxygens (including phenoxy) is 1. The highest BCUT2D eigenvalue weighted by Crippen LogP contribution is 2.24. The largest absolute Gasteiger partial charge is 0.492 e. The van der Waals surface area contributed by atoms with Crippen LogP contribution < -0.4 is 4.74 Å². The Kier molecular flexibility index (Phi) is 4.81. The Morgan fingerprint density at radius 3 is 2.37 bits per heavy atom. The molecular weight excluding hydrogens is 236 g/mol. The van der Waals surface area contributed by atoms with Crippen LogP contribution in [-0.4, -0.2) is 31.1 Å². The van der Waals surface area contributed by atoms with Gasteiger partial charge in [-0.2, -0.15) is 5.26 Å². The molecule has 102 valence electrons. The number of aryl methyl sites for hydroxylation is 2. The predicted octanol–water partition coefficient (Wildman–Crippen LogP) is 3.04. The Morgan fingerprint density at radius 1 is 1.16 bits per heavy atom. The number of benzene rings is 1. The predicted molar refractivity (Wildman–Crippen MR) is 76.4 cm³/mol. The highest BCUT2D eigenvalue weighted by molar-refractivity contribution is 5.47. The molecule has 1 fully saturated rings. The Balaban J connectivity index is 1.90. The van der Waals surface area contributed by atoms with Crippen molar-refractivity contribution < 1.29 is 4.74 Å². The van der Waals surface area contributed by atoms with Gasteiger partial charge in [-0.1, -0.05) is 6.42 Å². The van der Waals surface area contributed by atoms with Crippen molar-refractivity contribution in [3.8, 4) is 11.8 Å². The lowest BCUT2D eigenvalue weighted by Crippen LogP contribution is -2.33. The molecule has 2 rings (SSSR count). The summed E-state index contributed by atoms with van der Waals surface area (Å²) in [5.41, 5.74) is 2.81. The Labute approximate surface area is 115 Å². The number of hydrogen-bond donors (Lipinski definition) is 0. The summed E-state index contributed by atoms with van der Waals surface area (Å²) in [5, 5.41) is 8.93. The monoisotopic (exact) mass is 258 g/mol. The van der Waals surface area contributed by atoms with E-state index in [9.17, 15) is 0 Å². The van der Waals surface area contributed by atoms with Crippen LogP contribution in [0.3, 0.4) is 0 Å². The third-order valence-corrected chi connectivity index (χ3v) is 3.69. The molecule has 1 saturated heterocycles. The summed E-state index contributed by atoms with van der Waals surface area (Å²) in [6.07, 6.45) is 4.00. The minimum Gasteiger partial charge on any atom is -0.492 e. The summed E-state index contributed by atoms with van der Waals surface area (Å²) in [7, 11) is 0. The number of hydrogen-bond acceptors (Lipinski definition) is 3. The average Bonchev–Trinajstić information content (AvgIpc) is 2.42. The van der Waals surface area contributed by atoms with E-state index in [0.717, 1.165) is 30.0 Å². The van der Waals surface area contributed by atoms with Gasteiger partial charge in [0.25, 0.3) is 0 Å². The van der Waals surface area contributed by atoms with Crippen molar-refractivity contribution in [3.63, 3.8) is 0 Å². The van der Waals surface area contributed by atoms with Crippen LogP contribution in [0.2, 0.25) is 0 Å². The van der Waals surface area contributed by atoms with Gasteiger partial charge in [-0.25, -0.2) is 0 Å². The zero-order valence-electron chi connectivity index (χ0n) is 11.9. The van der Waals surface area contributed by atoms with Gasteiger partial charge in [-0.05, 0) is 63.0 Å². The molecule has 1 aliphatic heterocycles. The molecule has 0 amide bonds. The second kappa shape index (κ2) is 6.58. The Bertz CT molecular complexity index is 447. The Morgan fingerprint density at radius 2 is 1.79 bits per heavy atom. The molecule has 1 heterocycles. The van der Waals surface area contributed by atoms with Crippen molar-refractivity contribution in [2.45, 2.75) is 33.1 Å². The fourth-order valence-electron chi connectivity index (χ4n) is 2.70. The SMILES string of the molecule is Cc1cc(C#N)cc(C)c1OCCN1CCCCC1. The third kappa shape index (κ3) is 3.71. The van der Waals surface area contributed by atoms with E-state index in [-0.39, 0.29) is 0 Å². The fraction of sp³-hybridized carbons (Fsp3) is 0.562. The first-order chi connectivity index (χ1) is 9.20. The number of piperidine rings is 1. The van der Waals surface area contributed by atoms with Crippen molar-refractivity contribution in [3.05, 3.63) is 28.8 Å². The van der Waals surface area contributed by atoms with Crippen LogP contribution in [0.25, 0.3) is 0 Å². The van der Waals surface area contributed by atoms with Gasteiger partial charge >= 0.3 is 0 Å². The quantitative estimate of drug-likeness (QED) is 0.833. The summed E-state index contributed by atoms with van der Waals surface area (Å²) in [5.74, 6) is 0.941. The standard InChI is InChI=1S/C16H22N2O/c1-13-10-15(12-17)11-14(2)16(13)19-9-8-18-6-4-3-5-7-18/h10-11H,3-9H2,1-2H3. The molecule has 0 bridgehead atoms. The molecule has 3 nitrogen and oxygen atoms in total. The first-order valence-corrected chi connectivity index (χ1v) is 7.07. The molecule has 0 saturated carbocycles. The first kappa shape index (κ1) is 13.9. The van der Waals surface area contributed by atoms with E-state index < -0.39 is 0 Å². The van der Waals surface area contributed by atoms with Gasteiger partial charge in [0.15, 0.2) is 0 Å². The fourth-order valence-corrected chi connectivity index (χ4v) is 2.70. The lowest BCUT2D eigenvalue weighted by molar-refractivity contribution is 0.182. The maximum Gasteiger partial charge on any atom is 0.125 e. The van der Waals surface area contributed by atoms with Crippen molar-refractivity contribution in [2.75, 3.05) is 26.2 Å². The molecule has 1 aliphatic rings. The van der Waals surface area contributed by atoms with Crippen LogP contribution in [0.15, 0.2) is 12.1 Å². The molecule has 0 aliphatic carbocycles. The van der Waals surface area contributed by atoms with Crippen LogP contribution in [0.4, 0.5) is 0 Å². The normalized spacial score (nSPS) is 16.1. The molecule has 3 heteroatoms. The lowest BCUT2D eigenvalue weighted by Gasteiger charge is -2.26. The van der Waals surface area contributed by atoms with Gasteiger partial charge in [-0.3, -0.25) is 4.90 Å². The zero-order chi connectivity index (χ0) is 13.7. The summed E-state index contributed by atoms with van der Waals surface area (Å²) in [6, 6.07) is 5.96. The van der Waals surface area contributed by atoms with Gasteiger partial charge in [0.2, 0.25) is 0 Å². The summed E-state index contributed by atoms with van der Waals surface area (Å²) in [4.78, 5) is 2.47.